The number of aliphatic hydroxyl groups excluding tert-OH is 1. The minimum absolute atomic E-state index is 0.250. The molecule has 0 aliphatic heterocycles. The molecule has 0 bridgehead atoms. The first-order valence-electron chi connectivity index (χ1n) is 4.69. The van der Waals surface area contributed by atoms with Crippen molar-refractivity contribution in [2.24, 2.45) is 0 Å². The van der Waals surface area contributed by atoms with Crippen LogP contribution < -0.4 is 4.74 Å². The molecule has 0 radical (unpaired) electrons. The number of rotatable bonds is 4. The highest BCUT2D eigenvalue weighted by atomic mass is 16.5. The summed E-state index contributed by atoms with van der Waals surface area (Å²) in [6.45, 7) is 3.89. The number of aromatic nitrogens is 2. The maximum absolute atomic E-state index is 9.00. The maximum atomic E-state index is 9.00. The lowest BCUT2D eigenvalue weighted by molar-refractivity contribution is 0.282. The zero-order chi connectivity index (χ0) is 11.3. The lowest BCUT2D eigenvalue weighted by atomic mass is 10.0. The van der Waals surface area contributed by atoms with E-state index in [1.807, 2.05) is 13.0 Å². The Labute approximate surface area is 88.4 Å². The average molecular weight is 207 g/mol. The minimum Gasteiger partial charge on any atom is -0.478 e. The van der Waals surface area contributed by atoms with E-state index in [9.17, 15) is 0 Å². The topological polar surface area (TPSA) is 79.0 Å². The van der Waals surface area contributed by atoms with Gasteiger partial charge in [0.25, 0.3) is 0 Å². The molecule has 0 fully saturated rings. The third-order valence-corrected chi connectivity index (χ3v) is 2.03. The van der Waals surface area contributed by atoms with Crippen LogP contribution in [0.1, 0.15) is 24.1 Å². The molecule has 0 amide bonds. The van der Waals surface area contributed by atoms with Crippen molar-refractivity contribution in [2.45, 2.75) is 19.8 Å². The second-order valence-electron chi connectivity index (χ2n) is 2.99. The highest BCUT2D eigenvalue weighted by Crippen LogP contribution is 2.22. The number of hydrogen-bond acceptors (Lipinski definition) is 5. The molecule has 5 heteroatoms. The van der Waals surface area contributed by atoms with Crippen LogP contribution in [0.3, 0.4) is 0 Å². The van der Waals surface area contributed by atoms with Crippen molar-refractivity contribution in [1.82, 2.24) is 9.97 Å². The van der Waals surface area contributed by atoms with Crippen LogP contribution >= 0.6 is 0 Å². The van der Waals surface area contributed by atoms with Gasteiger partial charge < -0.3 is 9.84 Å². The molecule has 1 aromatic rings. The molecule has 0 aliphatic rings. The molecular weight excluding hydrogens is 194 g/mol. The van der Waals surface area contributed by atoms with Gasteiger partial charge in [0.2, 0.25) is 5.88 Å². The monoisotopic (exact) mass is 207 g/mol. The molecule has 15 heavy (non-hydrogen) atoms. The Balaban J connectivity index is 3.09. The zero-order valence-electron chi connectivity index (χ0n) is 8.77. The fourth-order valence-corrected chi connectivity index (χ4v) is 1.27. The second-order valence-corrected chi connectivity index (χ2v) is 2.99. The van der Waals surface area contributed by atoms with E-state index in [1.165, 1.54) is 6.33 Å². The predicted molar refractivity (Wildman–Crippen MR) is 53.4 cm³/mol. The van der Waals surface area contributed by atoms with Crippen molar-refractivity contribution >= 4 is 0 Å². The second kappa shape index (κ2) is 5.27. The quantitative estimate of drug-likeness (QED) is 0.789. The summed E-state index contributed by atoms with van der Waals surface area (Å²) < 4.78 is 5.27. The fraction of sp³-hybridized carbons (Fsp3) is 0.500. The summed E-state index contributed by atoms with van der Waals surface area (Å²) >= 11 is 0. The molecule has 1 unspecified atom stereocenters. The van der Waals surface area contributed by atoms with E-state index < -0.39 is 5.92 Å². The molecule has 1 rings (SSSR count). The summed E-state index contributed by atoms with van der Waals surface area (Å²) in [4.78, 5) is 7.94. The van der Waals surface area contributed by atoms with Crippen molar-refractivity contribution in [3.05, 3.63) is 17.6 Å². The maximum Gasteiger partial charge on any atom is 0.219 e. The van der Waals surface area contributed by atoms with Gasteiger partial charge in [0.15, 0.2) is 0 Å². The van der Waals surface area contributed by atoms with Crippen LogP contribution in [0.4, 0.5) is 0 Å². The van der Waals surface area contributed by atoms with E-state index in [1.54, 1.807) is 6.92 Å². The van der Waals surface area contributed by atoms with Crippen molar-refractivity contribution in [3.63, 3.8) is 0 Å². The lowest BCUT2D eigenvalue weighted by Crippen LogP contribution is -2.09. The fourth-order valence-electron chi connectivity index (χ4n) is 1.27. The van der Waals surface area contributed by atoms with Crippen LogP contribution in [-0.4, -0.2) is 28.3 Å². The summed E-state index contributed by atoms with van der Waals surface area (Å²) in [7, 11) is 0. The van der Waals surface area contributed by atoms with Gasteiger partial charge in [0, 0.05) is 5.56 Å². The number of nitrogens with zero attached hydrogens (tertiary/aromatic N) is 3. The molecule has 1 N–H and O–H groups in total. The van der Waals surface area contributed by atoms with E-state index in [0.717, 1.165) is 0 Å². The SMILES string of the molecule is CCOc1ncnc(C(C#N)CO)c1C. The summed E-state index contributed by atoms with van der Waals surface area (Å²) in [5.41, 5.74) is 1.23. The van der Waals surface area contributed by atoms with E-state index in [2.05, 4.69) is 9.97 Å². The van der Waals surface area contributed by atoms with Gasteiger partial charge in [-0.15, -0.1) is 0 Å². The standard InChI is InChI=1S/C10H13N3O2/c1-3-15-10-7(2)9(12-6-13-10)8(4-11)5-14/h6,8,14H,3,5H2,1-2H3. The molecule has 5 nitrogen and oxygen atoms in total. The molecule has 0 spiro atoms. The van der Waals surface area contributed by atoms with Gasteiger partial charge in [0.05, 0.1) is 25.0 Å². The molecule has 1 aromatic heterocycles. The number of nitriles is 1. The number of aliphatic hydroxyl groups is 1. The van der Waals surface area contributed by atoms with Crippen molar-refractivity contribution < 1.29 is 9.84 Å². The van der Waals surface area contributed by atoms with Crippen molar-refractivity contribution in [3.8, 4) is 11.9 Å². The van der Waals surface area contributed by atoms with E-state index in [4.69, 9.17) is 15.1 Å². The van der Waals surface area contributed by atoms with Crippen LogP contribution in [0.25, 0.3) is 0 Å². The lowest BCUT2D eigenvalue weighted by Gasteiger charge is -2.11. The number of hydrogen-bond donors (Lipinski definition) is 1. The highest BCUT2D eigenvalue weighted by molar-refractivity contribution is 5.33. The van der Waals surface area contributed by atoms with Gasteiger partial charge in [-0.1, -0.05) is 0 Å². The molecular formula is C10H13N3O2. The molecule has 0 aliphatic carbocycles. The van der Waals surface area contributed by atoms with Crippen molar-refractivity contribution in [2.75, 3.05) is 13.2 Å². The van der Waals surface area contributed by atoms with Gasteiger partial charge in [-0.05, 0) is 13.8 Å². The molecule has 1 atom stereocenters. The normalized spacial score (nSPS) is 11.9. The Hall–Kier alpha value is -1.67. The molecule has 80 valence electrons. The van der Waals surface area contributed by atoms with Gasteiger partial charge in [0.1, 0.15) is 12.2 Å². The molecule has 0 saturated heterocycles. The van der Waals surface area contributed by atoms with Crippen LogP contribution in [0.15, 0.2) is 6.33 Å². The average Bonchev–Trinajstić information content (AvgIpc) is 2.25. The summed E-state index contributed by atoms with van der Waals surface area (Å²) in [6.07, 6.45) is 1.34. The summed E-state index contributed by atoms with van der Waals surface area (Å²) in [5, 5.41) is 17.8. The van der Waals surface area contributed by atoms with Gasteiger partial charge in [-0.25, -0.2) is 9.97 Å². The largest absolute Gasteiger partial charge is 0.478 e. The minimum atomic E-state index is -0.618. The molecule has 1 heterocycles. The van der Waals surface area contributed by atoms with Crippen LogP contribution in [-0.2, 0) is 0 Å². The zero-order valence-corrected chi connectivity index (χ0v) is 8.77. The van der Waals surface area contributed by atoms with E-state index >= 15 is 0 Å². The van der Waals surface area contributed by atoms with E-state index in [-0.39, 0.29) is 6.61 Å². The Morgan fingerprint density at radius 3 is 2.87 bits per heavy atom. The smallest absolute Gasteiger partial charge is 0.219 e. The van der Waals surface area contributed by atoms with E-state index in [0.29, 0.717) is 23.7 Å². The third kappa shape index (κ3) is 2.42. The third-order valence-electron chi connectivity index (χ3n) is 2.03. The molecule has 0 saturated carbocycles. The predicted octanol–water partition coefficient (Wildman–Crippen LogP) is 0.783. The molecule has 0 aromatic carbocycles. The first-order chi connectivity index (χ1) is 7.24. The number of ether oxygens (including phenoxy) is 1. The van der Waals surface area contributed by atoms with Crippen LogP contribution in [0.2, 0.25) is 0 Å². The Morgan fingerprint density at radius 2 is 2.33 bits per heavy atom. The summed E-state index contributed by atoms with van der Waals surface area (Å²) in [6, 6.07) is 1.98. The Morgan fingerprint density at radius 1 is 1.60 bits per heavy atom. The van der Waals surface area contributed by atoms with Gasteiger partial charge in [-0.2, -0.15) is 5.26 Å². The van der Waals surface area contributed by atoms with Gasteiger partial charge in [-0.3, -0.25) is 0 Å². The van der Waals surface area contributed by atoms with Gasteiger partial charge >= 0.3 is 0 Å². The summed E-state index contributed by atoms with van der Waals surface area (Å²) in [5.74, 6) is -0.150. The van der Waals surface area contributed by atoms with Crippen LogP contribution in [0.5, 0.6) is 5.88 Å². The first-order valence-corrected chi connectivity index (χ1v) is 4.69. The Bertz CT molecular complexity index is 373. The first kappa shape index (κ1) is 11.4. The van der Waals surface area contributed by atoms with Crippen LogP contribution in [0, 0.1) is 18.3 Å². The van der Waals surface area contributed by atoms with Crippen molar-refractivity contribution in [1.29, 1.82) is 5.26 Å². The Kier molecular flexibility index (Phi) is 4.01. The highest BCUT2D eigenvalue weighted by Gasteiger charge is 2.16.